The lowest BCUT2D eigenvalue weighted by Crippen LogP contribution is -2.55. The topological polar surface area (TPSA) is 91.3 Å². The minimum Gasteiger partial charge on any atom is -0.491 e. The van der Waals surface area contributed by atoms with Gasteiger partial charge >= 0.3 is 12.0 Å². The number of ether oxygens (including phenoxy) is 2. The van der Waals surface area contributed by atoms with Crippen LogP contribution in [-0.4, -0.2) is 85.5 Å². The van der Waals surface area contributed by atoms with E-state index in [1.807, 2.05) is 25.1 Å². The molecule has 2 amide bonds. The van der Waals surface area contributed by atoms with Gasteiger partial charge in [0, 0.05) is 19.6 Å². The van der Waals surface area contributed by atoms with Crippen molar-refractivity contribution in [2.24, 2.45) is 0 Å². The highest BCUT2D eigenvalue weighted by molar-refractivity contribution is 5.75. The van der Waals surface area contributed by atoms with E-state index < -0.39 is 5.97 Å². The number of aliphatic carboxylic acids is 1. The van der Waals surface area contributed by atoms with Gasteiger partial charge in [-0.1, -0.05) is 18.2 Å². The molecule has 2 N–H and O–H groups in total. The van der Waals surface area contributed by atoms with E-state index in [-0.39, 0.29) is 24.7 Å². The molecule has 0 spiro atoms. The number of carbonyl (C=O) groups excluding carboxylic acids is 1. The van der Waals surface area contributed by atoms with Gasteiger partial charge in [0.15, 0.2) is 0 Å². The molecule has 1 aromatic rings. The zero-order chi connectivity index (χ0) is 19.4. The molecule has 3 rings (SSSR count). The lowest BCUT2D eigenvalue weighted by Gasteiger charge is -2.36. The number of hydrogen-bond acceptors (Lipinski definition) is 5. The maximum absolute atomic E-state index is 12.7. The number of likely N-dealkylation sites (N-methyl/N-ethyl adjacent to an activating group) is 1. The Morgan fingerprint density at radius 2 is 2.22 bits per heavy atom. The van der Waals surface area contributed by atoms with E-state index in [2.05, 4.69) is 5.32 Å². The second-order valence-corrected chi connectivity index (χ2v) is 7.25. The second-order valence-electron chi connectivity index (χ2n) is 7.25. The van der Waals surface area contributed by atoms with Gasteiger partial charge in [0.05, 0.1) is 25.3 Å². The van der Waals surface area contributed by atoms with Gasteiger partial charge in [0.25, 0.3) is 0 Å². The third kappa shape index (κ3) is 5.11. The molecule has 0 radical (unpaired) electrons. The first-order chi connectivity index (χ1) is 12.9. The van der Waals surface area contributed by atoms with Crippen LogP contribution in [0, 0.1) is 6.92 Å². The third-order valence-corrected chi connectivity index (χ3v) is 4.86. The molecular formula is C19H27N3O5. The summed E-state index contributed by atoms with van der Waals surface area (Å²) in [5, 5.41) is 11.9. The average Bonchev–Trinajstić information content (AvgIpc) is 2.61. The molecule has 0 aliphatic carbocycles. The van der Waals surface area contributed by atoms with Gasteiger partial charge in [-0.3, -0.25) is 9.69 Å². The molecule has 148 valence electrons. The van der Waals surface area contributed by atoms with Crippen LogP contribution in [-0.2, 0) is 16.0 Å². The first-order valence-corrected chi connectivity index (χ1v) is 9.21. The summed E-state index contributed by atoms with van der Waals surface area (Å²) in [6.07, 6.45) is 0.553. The van der Waals surface area contributed by atoms with Crippen molar-refractivity contribution in [3.05, 3.63) is 29.3 Å². The van der Waals surface area contributed by atoms with Crippen LogP contribution in [0.2, 0.25) is 0 Å². The Morgan fingerprint density at radius 1 is 1.41 bits per heavy atom. The Hall–Kier alpha value is -2.32. The number of nitrogens with one attached hydrogen (secondary N) is 1. The highest BCUT2D eigenvalue weighted by Crippen LogP contribution is 2.28. The van der Waals surface area contributed by atoms with Crippen LogP contribution in [0.15, 0.2) is 18.2 Å². The molecule has 2 atom stereocenters. The van der Waals surface area contributed by atoms with Gasteiger partial charge < -0.3 is 24.8 Å². The SMILES string of the molecule is Cc1cccc2c1OCC(NC(=O)N1CCOC(CN(C)CC(=O)O)C1)C2. The number of carboxylic acid groups (broad SMARTS) is 1. The molecule has 0 aromatic heterocycles. The van der Waals surface area contributed by atoms with E-state index in [4.69, 9.17) is 14.6 Å². The van der Waals surface area contributed by atoms with Gasteiger partial charge in [-0.2, -0.15) is 0 Å². The highest BCUT2D eigenvalue weighted by atomic mass is 16.5. The number of urea groups is 1. The normalized spacial score (nSPS) is 22.1. The Morgan fingerprint density at radius 3 is 3.00 bits per heavy atom. The number of carboxylic acids is 1. The molecule has 8 heteroatoms. The summed E-state index contributed by atoms with van der Waals surface area (Å²) >= 11 is 0. The zero-order valence-corrected chi connectivity index (χ0v) is 15.8. The van der Waals surface area contributed by atoms with Crippen LogP contribution >= 0.6 is 0 Å². The van der Waals surface area contributed by atoms with Crippen molar-refractivity contribution in [3.63, 3.8) is 0 Å². The Balaban J connectivity index is 1.51. The highest BCUT2D eigenvalue weighted by Gasteiger charge is 2.28. The lowest BCUT2D eigenvalue weighted by atomic mass is 10.00. The van der Waals surface area contributed by atoms with Crippen molar-refractivity contribution in [1.29, 1.82) is 0 Å². The fourth-order valence-electron chi connectivity index (χ4n) is 3.60. The van der Waals surface area contributed by atoms with E-state index in [0.29, 0.717) is 32.8 Å². The molecule has 2 aliphatic heterocycles. The monoisotopic (exact) mass is 377 g/mol. The maximum Gasteiger partial charge on any atom is 0.317 e. The number of para-hydroxylation sites is 1. The lowest BCUT2D eigenvalue weighted by molar-refractivity contribution is -0.138. The van der Waals surface area contributed by atoms with E-state index >= 15 is 0 Å². The smallest absolute Gasteiger partial charge is 0.317 e. The summed E-state index contributed by atoms with van der Waals surface area (Å²) < 4.78 is 11.5. The number of amides is 2. The summed E-state index contributed by atoms with van der Waals surface area (Å²) in [6.45, 7) is 4.31. The number of aryl methyl sites for hydroxylation is 1. The predicted molar refractivity (Wildman–Crippen MR) is 99.1 cm³/mol. The minimum absolute atomic E-state index is 0.0513. The number of rotatable bonds is 5. The van der Waals surface area contributed by atoms with Crippen molar-refractivity contribution >= 4 is 12.0 Å². The molecule has 0 saturated carbocycles. The van der Waals surface area contributed by atoms with Crippen LogP contribution in [0.1, 0.15) is 11.1 Å². The average molecular weight is 377 g/mol. The van der Waals surface area contributed by atoms with Crippen LogP contribution in [0.25, 0.3) is 0 Å². The molecule has 2 unspecified atom stereocenters. The molecule has 2 heterocycles. The summed E-state index contributed by atoms with van der Waals surface area (Å²) in [6, 6.07) is 5.86. The van der Waals surface area contributed by atoms with Gasteiger partial charge in [-0.25, -0.2) is 4.79 Å². The molecule has 27 heavy (non-hydrogen) atoms. The number of hydrogen-bond donors (Lipinski definition) is 2. The van der Waals surface area contributed by atoms with Crippen LogP contribution < -0.4 is 10.1 Å². The van der Waals surface area contributed by atoms with Crippen LogP contribution in [0.3, 0.4) is 0 Å². The van der Waals surface area contributed by atoms with Gasteiger partial charge in [0.1, 0.15) is 12.4 Å². The van der Waals surface area contributed by atoms with Gasteiger partial charge in [-0.15, -0.1) is 0 Å². The van der Waals surface area contributed by atoms with Crippen molar-refractivity contribution in [2.45, 2.75) is 25.5 Å². The van der Waals surface area contributed by atoms with Crippen molar-refractivity contribution in [3.8, 4) is 5.75 Å². The number of nitrogens with zero attached hydrogens (tertiary/aromatic N) is 2. The number of morpholine rings is 1. The summed E-state index contributed by atoms with van der Waals surface area (Å²) in [5.74, 6) is 0.0478. The second kappa shape index (κ2) is 8.58. The largest absolute Gasteiger partial charge is 0.491 e. The summed E-state index contributed by atoms with van der Waals surface area (Å²) in [5.41, 5.74) is 2.22. The van der Waals surface area contributed by atoms with Crippen molar-refractivity contribution in [2.75, 3.05) is 46.4 Å². The molecule has 1 aromatic carbocycles. The van der Waals surface area contributed by atoms with E-state index in [1.165, 1.54) is 0 Å². The fourth-order valence-corrected chi connectivity index (χ4v) is 3.60. The summed E-state index contributed by atoms with van der Waals surface area (Å²) in [4.78, 5) is 26.8. The Kier molecular flexibility index (Phi) is 6.18. The zero-order valence-electron chi connectivity index (χ0n) is 15.8. The van der Waals surface area contributed by atoms with Crippen molar-refractivity contribution < 1.29 is 24.2 Å². The minimum atomic E-state index is -0.879. The maximum atomic E-state index is 12.7. The molecule has 0 bridgehead atoms. The standard InChI is InChI=1S/C19H27N3O5/c1-13-4-3-5-14-8-15(12-27-18(13)14)20-19(25)22-6-7-26-16(10-22)9-21(2)11-17(23)24/h3-5,15-16H,6-12H2,1-2H3,(H,20,25)(H,23,24). The molecule has 8 nitrogen and oxygen atoms in total. The fraction of sp³-hybridized carbons (Fsp3) is 0.579. The van der Waals surface area contributed by atoms with Gasteiger partial charge in [0.2, 0.25) is 0 Å². The molecular weight excluding hydrogens is 350 g/mol. The predicted octanol–water partition coefficient (Wildman–Crippen LogP) is 0.725. The van der Waals surface area contributed by atoms with E-state index in [1.54, 1.807) is 16.8 Å². The number of carbonyl (C=O) groups is 2. The molecule has 2 aliphatic rings. The molecule has 1 saturated heterocycles. The third-order valence-electron chi connectivity index (χ3n) is 4.86. The first kappa shape index (κ1) is 19.4. The van der Waals surface area contributed by atoms with E-state index in [0.717, 1.165) is 23.3 Å². The van der Waals surface area contributed by atoms with Crippen LogP contribution in [0.5, 0.6) is 5.75 Å². The molecule has 1 fully saturated rings. The number of benzene rings is 1. The van der Waals surface area contributed by atoms with Crippen LogP contribution in [0.4, 0.5) is 4.79 Å². The van der Waals surface area contributed by atoms with Crippen molar-refractivity contribution in [1.82, 2.24) is 15.1 Å². The quantitative estimate of drug-likeness (QED) is 0.786. The van der Waals surface area contributed by atoms with Gasteiger partial charge in [-0.05, 0) is 31.5 Å². The Bertz CT molecular complexity index is 696. The first-order valence-electron chi connectivity index (χ1n) is 9.21. The summed E-state index contributed by atoms with van der Waals surface area (Å²) in [7, 11) is 1.73. The number of fused-ring (bicyclic) bond motifs is 1. The van der Waals surface area contributed by atoms with E-state index in [9.17, 15) is 9.59 Å². The Labute approximate surface area is 159 Å².